The van der Waals surface area contributed by atoms with E-state index in [0.29, 0.717) is 0 Å². The minimum absolute atomic E-state index is 0.0573. The Morgan fingerprint density at radius 1 is 0.375 bits per heavy atom. The molecule has 0 aliphatic rings. The van der Waals surface area contributed by atoms with E-state index in [1.807, 2.05) is 0 Å². The predicted molar refractivity (Wildman–Crippen MR) is 87.6 cm³/mol. The molecule has 0 saturated carbocycles. The van der Waals surface area contributed by atoms with Crippen molar-refractivity contribution in [3.05, 3.63) is 0 Å². The van der Waals surface area contributed by atoms with Crippen LogP contribution in [0.25, 0.3) is 0 Å². The number of hydrogen-bond acceptors (Lipinski definition) is 6. The van der Waals surface area contributed by atoms with Crippen LogP contribution in [0.3, 0.4) is 0 Å². The SMILES string of the molecule is CC(=O)CCC(=O)CCC(=O)CCC(=O)CCC(=O)CCC(C)=O. The standard InChI is InChI=1S/C18H26O6/c1-13(19)3-5-15(21)7-9-17(23)11-12-18(24)10-8-16(22)6-4-14(2)20/h3-12H2,1-2H3. The first-order valence-corrected chi connectivity index (χ1v) is 8.26. The fourth-order valence-corrected chi connectivity index (χ4v) is 1.97. The highest BCUT2D eigenvalue weighted by atomic mass is 16.1. The first-order valence-electron chi connectivity index (χ1n) is 8.26. The largest absolute Gasteiger partial charge is 0.300 e. The van der Waals surface area contributed by atoms with Crippen LogP contribution in [0.5, 0.6) is 0 Å². The summed E-state index contributed by atoms with van der Waals surface area (Å²) in [4.78, 5) is 67.6. The molecule has 24 heavy (non-hydrogen) atoms. The third-order valence-corrected chi connectivity index (χ3v) is 3.56. The zero-order valence-electron chi connectivity index (χ0n) is 14.5. The summed E-state index contributed by atoms with van der Waals surface area (Å²) in [6.07, 6.45) is 1.22. The molecular weight excluding hydrogens is 312 g/mol. The van der Waals surface area contributed by atoms with Crippen molar-refractivity contribution in [3.8, 4) is 0 Å². The summed E-state index contributed by atoms with van der Waals surface area (Å²) >= 11 is 0. The van der Waals surface area contributed by atoms with Gasteiger partial charge in [0.05, 0.1) is 0 Å². The van der Waals surface area contributed by atoms with E-state index in [4.69, 9.17) is 0 Å². The molecule has 0 N–H and O–H groups in total. The maximum atomic E-state index is 11.6. The van der Waals surface area contributed by atoms with Crippen LogP contribution in [0.2, 0.25) is 0 Å². The van der Waals surface area contributed by atoms with E-state index >= 15 is 0 Å². The number of carbonyl (C=O) groups is 6. The highest BCUT2D eigenvalue weighted by molar-refractivity contribution is 5.92. The van der Waals surface area contributed by atoms with E-state index in [9.17, 15) is 28.8 Å². The van der Waals surface area contributed by atoms with Crippen LogP contribution in [0.1, 0.15) is 78.1 Å². The van der Waals surface area contributed by atoms with Crippen molar-refractivity contribution >= 4 is 34.7 Å². The number of hydrogen-bond donors (Lipinski definition) is 0. The first kappa shape index (κ1) is 22.0. The van der Waals surface area contributed by atoms with Crippen molar-refractivity contribution in [2.75, 3.05) is 0 Å². The van der Waals surface area contributed by atoms with Gasteiger partial charge in [0, 0.05) is 64.2 Å². The van der Waals surface area contributed by atoms with E-state index < -0.39 is 0 Å². The van der Waals surface area contributed by atoms with Crippen LogP contribution in [0, 0.1) is 0 Å². The van der Waals surface area contributed by atoms with Gasteiger partial charge in [-0.25, -0.2) is 0 Å². The quantitative estimate of drug-likeness (QED) is 0.454. The maximum absolute atomic E-state index is 11.6. The van der Waals surface area contributed by atoms with Gasteiger partial charge in [-0.05, 0) is 13.8 Å². The summed E-state index contributed by atoms with van der Waals surface area (Å²) in [5.74, 6) is -0.692. The van der Waals surface area contributed by atoms with Gasteiger partial charge in [0.1, 0.15) is 34.7 Å². The topological polar surface area (TPSA) is 102 Å². The van der Waals surface area contributed by atoms with Gasteiger partial charge < -0.3 is 9.59 Å². The lowest BCUT2D eigenvalue weighted by molar-refractivity contribution is -0.127. The van der Waals surface area contributed by atoms with E-state index in [0.717, 1.165) is 0 Å². The molecule has 6 nitrogen and oxygen atoms in total. The molecule has 0 aromatic rings. The first-order chi connectivity index (χ1) is 11.2. The molecule has 0 spiro atoms. The lowest BCUT2D eigenvalue weighted by Crippen LogP contribution is -2.09. The molecule has 0 rings (SSSR count). The van der Waals surface area contributed by atoms with Crippen molar-refractivity contribution in [1.29, 1.82) is 0 Å². The van der Waals surface area contributed by atoms with E-state index in [2.05, 4.69) is 0 Å². The normalized spacial score (nSPS) is 10.2. The molecule has 0 heterocycles. The third kappa shape index (κ3) is 13.7. The fraction of sp³-hybridized carbons (Fsp3) is 0.667. The Bertz CT molecular complexity index is 458. The van der Waals surface area contributed by atoms with E-state index in [-0.39, 0.29) is 98.9 Å². The molecule has 0 fully saturated rings. The lowest BCUT2D eigenvalue weighted by Gasteiger charge is -2.02. The number of ketones is 6. The van der Waals surface area contributed by atoms with E-state index in [1.54, 1.807) is 0 Å². The lowest BCUT2D eigenvalue weighted by atomic mass is 10.0. The average molecular weight is 338 g/mol. The Kier molecular flexibility index (Phi) is 11.4. The van der Waals surface area contributed by atoms with Gasteiger partial charge in [-0.3, -0.25) is 19.2 Å². The zero-order valence-corrected chi connectivity index (χ0v) is 14.5. The van der Waals surface area contributed by atoms with Crippen LogP contribution in [0.4, 0.5) is 0 Å². The molecule has 0 atom stereocenters. The van der Waals surface area contributed by atoms with Crippen molar-refractivity contribution in [1.82, 2.24) is 0 Å². The van der Waals surface area contributed by atoms with Crippen LogP contribution in [0.15, 0.2) is 0 Å². The molecule has 134 valence electrons. The van der Waals surface area contributed by atoms with Gasteiger partial charge in [-0.1, -0.05) is 0 Å². The summed E-state index contributed by atoms with van der Waals surface area (Å²) < 4.78 is 0. The second-order valence-electron chi connectivity index (χ2n) is 6.06. The third-order valence-electron chi connectivity index (χ3n) is 3.56. The van der Waals surface area contributed by atoms with Crippen LogP contribution in [-0.2, 0) is 28.8 Å². The van der Waals surface area contributed by atoms with Gasteiger partial charge >= 0.3 is 0 Å². The number of Topliss-reactive ketones (excluding diaryl/α,β-unsaturated/α-hetero) is 6. The fourth-order valence-electron chi connectivity index (χ4n) is 1.97. The molecule has 0 aromatic carbocycles. The molecule has 0 amide bonds. The van der Waals surface area contributed by atoms with Gasteiger partial charge in [0.2, 0.25) is 0 Å². The van der Waals surface area contributed by atoms with Gasteiger partial charge in [-0.2, -0.15) is 0 Å². The Balaban J connectivity index is 3.80. The molecule has 0 radical (unpaired) electrons. The summed E-state index contributed by atoms with van der Waals surface area (Å²) in [7, 11) is 0. The number of rotatable bonds is 15. The molecule has 0 aliphatic carbocycles. The van der Waals surface area contributed by atoms with Crippen molar-refractivity contribution < 1.29 is 28.8 Å². The highest BCUT2D eigenvalue weighted by Gasteiger charge is 2.12. The van der Waals surface area contributed by atoms with Crippen LogP contribution >= 0.6 is 0 Å². The zero-order chi connectivity index (χ0) is 18.5. The smallest absolute Gasteiger partial charge is 0.133 e. The predicted octanol–water partition coefficient (Wildman–Crippen LogP) is 2.34. The van der Waals surface area contributed by atoms with Crippen molar-refractivity contribution in [2.24, 2.45) is 0 Å². The maximum Gasteiger partial charge on any atom is 0.133 e. The summed E-state index contributed by atoms with van der Waals surface area (Å²) in [6.45, 7) is 2.82. The average Bonchev–Trinajstić information content (AvgIpc) is 2.52. The molecule has 6 heteroatoms. The monoisotopic (exact) mass is 338 g/mol. The molecular formula is C18H26O6. The Labute approximate surface area is 142 Å². The Hall–Kier alpha value is -1.98. The van der Waals surface area contributed by atoms with Crippen molar-refractivity contribution in [2.45, 2.75) is 78.1 Å². The molecule has 0 unspecified atom stereocenters. The Morgan fingerprint density at radius 3 is 0.708 bits per heavy atom. The van der Waals surface area contributed by atoms with E-state index in [1.165, 1.54) is 13.8 Å². The molecule has 0 aromatic heterocycles. The van der Waals surface area contributed by atoms with Crippen molar-refractivity contribution in [3.63, 3.8) is 0 Å². The Morgan fingerprint density at radius 2 is 0.542 bits per heavy atom. The minimum Gasteiger partial charge on any atom is -0.300 e. The van der Waals surface area contributed by atoms with Gasteiger partial charge in [0.15, 0.2) is 0 Å². The second-order valence-corrected chi connectivity index (χ2v) is 6.06. The summed E-state index contributed by atoms with van der Waals surface area (Å²) in [5.41, 5.74) is 0. The number of carbonyl (C=O) groups excluding carboxylic acids is 6. The minimum atomic E-state index is -0.164. The van der Waals surface area contributed by atoms with Gasteiger partial charge in [0.25, 0.3) is 0 Å². The van der Waals surface area contributed by atoms with Gasteiger partial charge in [-0.15, -0.1) is 0 Å². The molecule has 0 saturated heterocycles. The molecule has 0 bridgehead atoms. The summed E-state index contributed by atoms with van der Waals surface area (Å²) in [6, 6.07) is 0. The van der Waals surface area contributed by atoms with Crippen LogP contribution in [-0.4, -0.2) is 34.7 Å². The second kappa shape index (κ2) is 12.4. The summed E-state index contributed by atoms with van der Waals surface area (Å²) in [5, 5.41) is 0. The highest BCUT2D eigenvalue weighted by Crippen LogP contribution is 2.07. The van der Waals surface area contributed by atoms with Crippen LogP contribution < -0.4 is 0 Å². The molecule has 0 aliphatic heterocycles.